The molecule has 1 saturated heterocycles. The Morgan fingerprint density at radius 3 is 2.91 bits per heavy atom. The van der Waals surface area contributed by atoms with Gasteiger partial charge in [-0.1, -0.05) is 0 Å². The fraction of sp³-hybridized carbons (Fsp3) is 0.467. The second-order valence-electron chi connectivity index (χ2n) is 5.38. The van der Waals surface area contributed by atoms with E-state index in [1.165, 1.54) is 6.20 Å². The normalized spacial score (nSPS) is 15.6. The van der Waals surface area contributed by atoms with Gasteiger partial charge in [-0.15, -0.1) is 0 Å². The van der Waals surface area contributed by atoms with Crippen LogP contribution in [0, 0.1) is 0 Å². The molecule has 2 aromatic rings. The van der Waals surface area contributed by atoms with Crippen molar-refractivity contribution >= 4 is 17.6 Å². The van der Waals surface area contributed by atoms with Crippen molar-refractivity contribution in [1.29, 1.82) is 0 Å². The first-order valence-corrected chi connectivity index (χ1v) is 7.70. The summed E-state index contributed by atoms with van der Waals surface area (Å²) in [7, 11) is 0. The van der Waals surface area contributed by atoms with Gasteiger partial charge in [0.15, 0.2) is 5.65 Å². The third kappa shape index (κ3) is 3.25. The number of fused-ring (bicyclic) bond motifs is 1. The molecule has 8 heteroatoms. The lowest BCUT2D eigenvalue weighted by Crippen LogP contribution is -2.46. The molecule has 0 bridgehead atoms. The fourth-order valence-electron chi connectivity index (χ4n) is 2.67. The number of piperidine rings is 1. The molecule has 2 amide bonds. The number of aromatic nitrogens is 3. The summed E-state index contributed by atoms with van der Waals surface area (Å²) < 4.78 is 6.55. The number of ether oxygens (including phenoxy) is 1. The molecule has 1 aliphatic heterocycles. The first-order chi connectivity index (χ1) is 11.2. The van der Waals surface area contributed by atoms with Gasteiger partial charge in [-0.05, 0) is 25.8 Å². The maximum atomic E-state index is 12.4. The smallest absolute Gasteiger partial charge is 0.409 e. The van der Waals surface area contributed by atoms with E-state index in [4.69, 9.17) is 4.74 Å². The Balaban J connectivity index is 1.58. The molecule has 1 fully saturated rings. The van der Waals surface area contributed by atoms with Crippen molar-refractivity contribution in [3.63, 3.8) is 0 Å². The number of likely N-dealkylation sites (tertiary alicyclic amines) is 1. The van der Waals surface area contributed by atoms with Crippen LogP contribution in [0.4, 0.5) is 4.79 Å². The van der Waals surface area contributed by atoms with Gasteiger partial charge in [-0.3, -0.25) is 4.79 Å². The van der Waals surface area contributed by atoms with E-state index in [1.807, 2.05) is 0 Å². The second kappa shape index (κ2) is 6.64. The summed E-state index contributed by atoms with van der Waals surface area (Å²) in [6, 6.07) is 1.79. The second-order valence-corrected chi connectivity index (χ2v) is 5.38. The highest BCUT2D eigenvalue weighted by Crippen LogP contribution is 2.13. The van der Waals surface area contributed by atoms with Crippen molar-refractivity contribution in [3.8, 4) is 0 Å². The predicted molar refractivity (Wildman–Crippen MR) is 82.1 cm³/mol. The summed E-state index contributed by atoms with van der Waals surface area (Å²) in [5.74, 6) is -0.187. The quantitative estimate of drug-likeness (QED) is 0.915. The predicted octanol–water partition coefficient (Wildman–Crippen LogP) is 1.08. The molecular formula is C15H19N5O3. The molecule has 0 radical (unpaired) electrons. The van der Waals surface area contributed by atoms with Gasteiger partial charge in [-0.25, -0.2) is 14.3 Å². The number of nitrogens with zero attached hydrogens (tertiary/aromatic N) is 4. The van der Waals surface area contributed by atoms with Crippen LogP contribution in [0.25, 0.3) is 5.65 Å². The van der Waals surface area contributed by atoms with Crippen LogP contribution in [0.5, 0.6) is 0 Å². The van der Waals surface area contributed by atoms with Crippen LogP contribution in [0.15, 0.2) is 24.7 Å². The number of rotatable bonds is 3. The Hall–Kier alpha value is -2.64. The number of amides is 2. The maximum absolute atomic E-state index is 12.4. The molecule has 3 rings (SSSR count). The molecule has 1 N–H and O–H groups in total. The van der Waals surface area contributed by atoms with Crippen molar-refractivity contribution < 1.29 is 14.3 Å². The number of carbonyl (C=O) groups is 2. The number of hydrogen-bond donors (Lipinski definition) is 1. The monoisotopic (exact) mass is 317 g/mol. The van der Waals surface area contributed by atoms with Gasteiger partial charge in [-0.2, -0.15) is 5.10 Å². The van der Waals surface area contributed by atoms with E-state index in [0.29, 0.717) is 43.7 Å². The molecule has 0 aliphatic carbocycles. The molecule has 0 atom stereocenters. The summed E-state index contributed by atoms with van der Waals surface area (Å²) in [5.41, 5.74) is 0.993. The average molecular weight is 317 g/mol. The lowest BCUT2D eigenvalue weighted by Gasteiger charge is -2.31. The lowest BCUT2D eigenvalue weighted by atomic mass is 10.1. The SMILES string of the molecule is CCOC(=O)N1CCC(NC(=O)c2cnn3cccnc23)CC1. The first kappa shape index (κ1) is 15.3. The molecule has 122 valence electrons. The Labute approximate surface area is 133 Å². The van der Waals surface area contributed by atoms with Gasteiger partial charge in [0.2, 0.25) is 0 Å². The van der Waals surface area contributed by atoms with Gasteiger partial charge < -0.3 is 15.0 Å². The molecule has 1 aliphatic rings. The van der Waals surface area contributed by atoms with Crippen molar-refractivity contribution in [1.82, 2.24) is 24.8 Å². The summed E-state index contributed by atoms with van der Waals surface area (Å²) in [5, 5.41) is 7.11. The van der Waals surface area contributed by atoms with E-state index in [0.717, 1.165) is 0 Å². The maximum Gasteiger partial charge on any atom is 0.409 e. The highest BCUT2D eigenvalue weighted by molar-refractivity contribution is 5.99. The van der Waals surface area contributed by atoms with Crippen LogP contribution >= 0.6 is 0 Å². The van der Waals surface area contributed by atoms with Crippen molar-refractivity contribution in [2.75, 3.05) is 19.7 Å². The Morgan fingerprint density at radius 2 is 2.17 bits per heavy atom. The summed E-state index contributed by atoms with van der Waals surface area (Å²) in [6.45, 7) is 3.32. The number of hydrogen-bond acceptors (Lipinski definition) is 5. The highest BCUT2D eigenvalue weighted by atomic mass is 16.6. The molecule has 0 aromatic carbocycles. The third-order valence-electron chi connectivity index (χ3n) is 3.88. The van der Waals surface area contributed by atoms with Crippen LogP contribution in [0.3, 0.4) is 0 Å². The van der Waals surface area contributed by atoms with Gasteiger partial charge in [0.25, 0.3) is 5.91 Å². The van der Waals surface area contributed by atoms with E-state index in [1.54, 1.807) is 34.8 Å². The zero-order chi connectivity index (χ0) is 16.2. The van der Waals surface area contributed by atoms with Crippen LogP contribution < -0.4 is 5.32 Å². The lowest BCUT2D eigenvalue weighted by molar-refractivity contribution is 0.0861. The fourth-order valence-corrected chi connectivity index (χ4v) is 2.67. The zero-order valence-electron chi connectivity index (χ0n) is 12.9. The third-order valence-corrected chi connectivity index (χ3v) is 3.88. The van der Waals surface area contributed by atoms with Gasteiger partial charge in [0.1, 0.15) is 5.56 Å². The molecule has 0 saturated carbocycles. The van der Waals surface area contributed by atoms with Crippen LogP contribution in [-0.4, -0.2) is 57.2 Å². The summed E-state index contributed by atoms with van der Waals surface area (Å²) in [6.07, 6.45) is 6.02. The van der Waals surface area contributed by atoms with E-state index in [9.17, 15) is 9.59 Å². The first-order valence-electron chi connectivity index (χ1n) is 7.70. The molecule has 2 aromatic heterocycles. The van der Waals surface area contributed by atoms with Crippen molar-refractivity contribution in [3.05, 3.63) is 30.2 Å². The van der Waals surface area contributed by atoms with Gasteiger partial charge in [0.05, 0.1) is 12.8 Å². The standard InChI is InChI=1S/C15H19N5O3/c1-2-23-15(22)19-8-4-11(5-9-19)18-14(21)12-10-17-20-7-3-6-16-13(12)20/h3,6-7,10-11H,2,4-5,8-9H2,1H3,(H,18,21). The minimum absolute atomic E-state index is 0.0341. The molecule has 8 nitrogen and oxygen atoms in total. The van der Waals surface area contributed by atoms with Crippen LogP contribution in [0.1, 0.15) is 30.1 Å². The summed E-state index contributed by atoms with van der Waals surface area (Å²) in [4.78, 5) is 29.9. The van der Waals surface area contributed by atoms with E-state index in [2.05, 4.69) is 15.4 Å². The molecular weight excluding hydrogens is 298 g/mol. The number of carbonyl (C=O) groups excluding carboxylic acids is 2. The zero-order valence-corrected chi connectivity index (χ0v) is 12.9. The Bertz CT molecular complexity index is 706. The molecule has 23 heavy (non-hydrogen) atoms. The van der Waals surface area contributed by atoms with Gasteiger partial charge in [0, 0.05) is 31.5 Å². The molecule has 3 heterocycles. The van der Waals surface area contributed by atoms with E-state index in [-0.39, 0.29) is 18.0 Å². The Kier molecular flexibility index (Phi) is 4.40. The average Bonchev–Trinajstić information content (AvgIpc) is 3.00. The highest BCUT2D eigenvalue weighted by Gasteiger charge is 2.25. The summed E-state index contributed by atoms with van der Waals surface area (Å²) >= 11 is 0. The number of nitrogens with one attached hydrogen (secondary N) is 1. The molecule has 0 spiro atoms. The minimum Gasteiger partial charge on any atom is -0.450 e. The van der Waals surface area contributed by atoms with Crippen LogP contribution in [0.2, 0.25) is 0 Å². The topological polar surface area (TPSA) is 88.8 Å². The van der Waals surface area contributed by atoms with E-state index >= 15 is 0 Å². The van der Waals surface area contributed by atoms with Crippen LogP contribution in [-0.2, 0) is 4.74 Å². The largest absolute Gasteiger partial charge is 0.450 e. The van der Waals surface area contributed by atoms with Crippen molar-refractivity contribution in [2.24, 2.45) is 0 Å². The van der Waals surface area contributed by atoms with Gasteiger partial charge >= 0.3 is 6.09 Å². The minimum atomic E-state index is -0.288. The van der Waals surface area contributed by atoms with E-state index < -0.39 is 0 Å². The van der Waals surface area contributed by atoms with Crippen molar-refractivity contribution in [2.45, 2.75) is 25.8 Å². The molecule has 0 unspecified atom stereocenters. The Morgan fingerprint density at radius 1 is 1.39 bits per heavy atom.